The smallest absolute Gasteiger partial charge is 0.411 e. The second-order valence-corrected chi connectivity index (χ2v) is 6.73. The molecule has 0 aliphatic rings. The van der Waals surface area contributed by atoms with E-state index in [1.165, 1.54) is 18.2 Å². The second kappa shape index (κ2) is 8.37. The van der Waals surface area contributed by atoms with Gasteiger partial charge in [0.1, 0.15) is 12.4 Å². The second-order valence-electron chi connectivity index (χ2n) is 5.57. The average Bonchev–Trinajstić information content (AvgIpc) is 2.56. The van der Waals surface area contributed by atoms with Gasteiger partial charge in [-0.25, -0.2) is 4.79 Å². The Morgan fingerprint density at radius 2 is 1.96 bits per heavy atom. The van der Waals surface area contributed by atoms with Gasteiger partial charge in [-0.3, -0.25) is 5.32 Å². The van der Waals surface area contributed by atoms with Gasteiger partial charge in [0.2, 0.25) is 0 Å². The maximum atomic E-state index is 11.5. The van der Waals surface area contributed by atoms with Crippen molar-refractivity contribution < 1.29 is 14.3 Å². The summed E-state index contributed by atoms with van der Waals surface area (Å²) in [5.74, 6) is 0.869. The van der Waals surface area contributed by atoms with Gasteiger partial charge in [0, 0.05) is 9.13 Å². The third-order valence-corrected chi connectivity index (χ3v) is 4.94. The number of benzene rings is 2. The van der Waals surface area contributed by atoms with E-state index in [4.69, 9.17) is 4.74 Å². The minimum Gasteiger partial charge on any atom is -0.489 e. The maximum absolute atomic E-state index is 11.5. The number of hydrogen-bond donors (Lipinski definition) is 1. The molecule has 0 spiro atoms. The molecule has 4 nitrogen and oxygen atoms in total. The summed E-state index contributed by atoms with van der Waals surface area (Å²) in [5, 5.41) is 2.74. The third kappa shape index (κ3) is 4.41. The fourth-order valence-corrected chi connectivity index (χ4v) is 3.17. The molecule has 0 saturated carbocycles. The quantitative estimate of drug-likeness (QED) is 0.650. The van der Waals surface area contributed by atoms with Crippen LogP contribution >= 0.6 is 22.6 Å². The van der Waals surface area contributed by atoms with Crippen LogP contribution in [0.1, 0.15) is 29.2 Å². The van der Waals surface area contributed by atoms with E-state index in [-0.39, 0.29) is 0 Å². The van der Waals surface area contributed by atoms with Crippen LogP contribution in [0, 0.1) is 17.4 Å². The van der Waals surface area contributed by atoms with Crippen LogP contribution in [0.2, 0.25) is 0 Å². The van der Waals surface area contributed by atoms with E-state index in [1.54, 1.807) is 0 Å². The van der Waals surface area contributed by atoms with Crippen molar-refractivity contribution in [2.75, 3.05) is 12.4 Å². The summed E-state index contributed by atoms with van der Waals surface area (Å²) in [6.45, 7) is 6.68. The number of nitrogens with one attached hydrogen (secondary N) is 1. The Morgan fingerprint density at radius 3 is 2.62 bits per heavy atom. The number of amides is 1. The van der Waals surface area contributed by atoms with E-state index in [0.29, 0.717) is 12.3 Å². The summed E-state index contributed by atoms with van der Waals surface area (Å²) < 4.78 is 11.8. The molecule has 0 atom stereocenters. The van der Waals surface area contributed by atoms with Crippen LogP contribution in [-0.2, 0) is 17.8 Å². The zero-order chi connectivity index (χ0) is 17.7. The molecule has 0 fully saturated rings. The molecule has 24 heavy (non-hydrogen) atoms. The van der Waals surface area contributed by atoms with Crippen molar-refractivity contribution in [3.05, 3.63) is 56.2 Å². The monoisotopic (exact) mass is 439 g/mol. The van der Waals surface area contributed by atoms with E-state index in [9.17, 15) is 4.79 Å². The van der Waals surface area contributed by atoms with E-state index in [0.717, 1.165) is 26.9 Å². The van der Waals surface area contributed by atoms with Crippen LogP contribution < -0.4 is 10.1 Å². The minimum atomic E-state index is -0.488. The Morgan fingerprint density at radius 1 is 1.21 bits per heavy atom. The van der Waals surface area contributed by atoms with Crippen LogP contribution in [0.5, 0.6) is 5.75 Å². The molecule has 0 aromatic heterocycles. The lowest BCUT2D eigenvalue weighted by Crippen LogP contribution is -2.14. The van der Waals surface area contributed by atoms with Crippen LogP contribution in [0.3, 0.4) is 0 Å². The molecule has 0 aliphatic carbocycles. The highest BCUT2D eigenvalue weighted by Gasteiger charge is 2.12. The predicted octanol–water partition coefficient (Wildman–Crippen LogP) is 5.23. The van der Waals surface area contributed by atoms with Crippen molar-refractivity contribution >= 4 is 34.4 Å². The highest BCUT2D eigenvalue weighted by molar-refractivity contribution is 14.1. The molecule has 128 valence electrons. The summed E-state index contributed by atoms with van der Waals surface area (Å²) in [4.78, 5) is 11.5. The Kier molecular flexibility index (Phi) is 6.48. The first-order valence-electron chi connectivity index (χ1n) is 7.81. The van der Waals surface area contributed by atoms with E-state index in [1.807, 2.05) is 18.2 Å². The van der Waals surface area contributed by atoms with Gasteiger partial charge in [-0.1, -0.05) is 19.1 Å². The number of ether oxygens (including phenoxy) is 2. The molecule has 0 radical (unpaired) electrons. The Balaban J connectivity index is 2.23. The summed E-state index contributed by atoms with van der Waals surface area (Å²) in [7, 11) is 1.35. The van der Waals surface area contributed by atoms with E-state index in [2.05, 4.69) is 65.5 Å². The van der Waals surface area contributed by atoms with Crippen molar-refractivity contribution in [2.24, 2.45) is 0 Å². The zero-order valence-corrected chi connectivity index (χ0v) is 16.6. The van der Waals surface area contributed by atoms with Crippen molar-refractivity contribution in [1.29, 1.82) is 0 Å². The molecule has 1 N–H and O–H groups in total. The lowest BCUT2D eigenvalue weighted by molar-refractivity contribution is 0.187. The molecular weight excluding hydrogens is 417 g/mol. The predicted molar refractivity (Wildman–Crippen MR) is 105 cm³/mol. The molecule has 5 heteroatoms. The Hall–Kier alpha value is -1.76. The highest BCUT2D eigenvalue weighted by atomic mass is 127. The van der Waals surface area contributed by atoms with Gasteiger partial charge >= 0.3 is 6.09 Å². The van der Waals surface area contributed by atoms with Crippen LogP contribution in [-0.4, -0.2) is 13.2 Å². The number of halogens is 1. The lowest BCUT2D eigenvalue weighted by Gasteiger charge is -2.16. The Labute approximate surface area is 156 Å². The SMILES string of the molecule is CCc1cc(C)c(OCc2c(I)cccc2NC(=O)OC)cc1C. The van der Waals surface area contributed by atoms with Crippen molar-refractivity contribution in [2.45, 2.75) is 33.8 Å². The number of carbonyl (C=O) groups excluding carboxylic acids is 1. The molecule has 0 saturated heterocycles. The van der Waals surface area contributed by atoms with Crippen molar-refractivity contribution in [3.8, 4) is 5.75 Å². The van der Waals surface area contributed by atoms with Crippen molar-refractivity contribution in [1.82, 2.24) is 0 Å². The number of hydrogen-bond acceptors (Lipinski definition) is 3. The molecular formula is C19H22INO3. The molecule has 0 heterocycles. The Bertz CT molecular complexity index is 744. The number of methoxy groups -OCH3 is 1. The first kappa shape index (κ1) is 18.6. The van der Waals surface area contributed by atoms with Crippen LogP contribution in [0.4, 0.5) is 10.5 Å². The van der Waals surface area contributed by atoms with Crippen LogP contribution in [0.15, 0.2) is 30.3 Å². The fourth-order valence-electron chi connectivity index (χ4n) is 2.52. The number of aryl methyl sites for hydroxylation is 3. The standard InChI is InChI=1S/C19H22INO3/c1-5-14-9-13(3)18(10-12(14)2)24-11-15-16(20)7-6-8-17(15)21-19(22)23-4/h6-10H,5,11H2,1-4H3,(H,21,22). The minimum absolute atomic E-state index is 0.379. The molecule has 1 amide bonds. The third-order valence-electron chi connectivity index (χ3n) is 3.93. The topological polar surface area (TPSA) is 47.6 Å². The first-order chi connectivity index (χ1) is 11.5. The van der Waals surface area contributed by atoms with Gasteiger partial charge in [0.05, 0.1) is 12.8 Å². The zero-order valence-electron chi connectivity index (χ0n) is 14.4. The van der Waals surface area contributed by atoms with E-state index < -0.39 is 6.09 Å². The summed E-state index contributed by atoms with van der Waals surface area (Å²) in [6.07, 6.45) is 0.522. The summed E-state index contributed by atoms with van der Waals surface area (Å²) in [5.41, 5.74) is 5.32. The fraction of sp³-hybridized carbons (Fsp3) is 0.316. The first-order valence-corrected chi connectivity index (χ1v) is 8.89. The normalized spacial score (nSPS) is 10.4. The molecule has 0 bridgehead atoms. The number of rotatable bonds is 5. The molecule has 0 unspecified atom stereocenters. The molecule has 2 aromatic rings. The van der Waals surface area contributed by atoms with Gasteiger partial charge < -0.3 is 9.47 Å². The molecule has 0 aliphatic heterocycles. The summed E-state index contributed by atoms with van der Waals surface area (Å²) >= 11 is 2.24. The van der Waals surface area contributed by atoms with Gasteiger partial charge in [0.25, 0.3) is 0 Å². The highest BCUT2D eigenvalue weighted by Crippen LogP contribution is 2.27. The molecule has 2 rings (SSSR count). The van der Waals surface area contributed by atoms with Gasteiger partial charge in [-0.05, 0) is 77.7 Å². The average molecular weight is 439 g/mol. The number of anilines is 1. The largest absolute Gasteiger partial charge is 0.489 e. The van der Waals surface area contributed by atoms with Gasteiger partial charge in [0.15, 0.2) is 0 Å². The van der Waals surface area contributed by atoms with Crippen LogP contribution in [0.25, 0.3) is 0 Å². The lowest BCUT2D eigenvalue weighted by atomic mass is 10.0. The number of carbonyl (C=O) groups is 1. The molecule has 2 aromatic carbocycles. The van der Waals surface area contributed by atoms with Crippen molar-refractivity contribution in [3.63, 3.8) is 0 Å². The maximum Gasteiger partial charge on any atom is 0.411 e. The van der Waals surface area contributed by atoms with Gasteiger partial charge in [-0.15, -0.1) is 0 Å². The summed E-state index contributed by atoms with van der Waals surface area (Å²) in [6, 6.07) is 9.98. The van der Waals surface area contributed by atoms with Gasteiger partial charge in [-0.2, -0.15) is 0 Å². The van der Waals surface area contributed by atoms with E-state index >= 15 is 0 Å².